The van der Waals surface area contributed by atoms with Crippen molar-refractivity contribution in [3.8, 4) is 17.2 Å². The smallest absolute Gasteiger partial charge is 0.347 e. The third-order valence-electron chi connectivity index (χ3n) is 5.33. The number of ether oxygens (including phenoxy) is 3. The molecule has 35 heavy (non-hydrogen) atoms. The molecule has 3 aromatic carbocycles. The molecule has 6 nitrogen and oxygen atoms in total. The van der Waals surface area contributed by atoms with Gasteiger partial charge in [0.15, 0.2) is 5.78 Å². The van der Waals surface area contributed by atoms with Gasteiger partial charge in [0.25, 0.3) is 0 Å². The van der Waals surface area contributed by atoms with Crippen LogP contribution in [0.1, 0.15) is 45.9 Å². The van der Waals surface area contributed by atoms with Crippen molar-refractivity contribution in [3.63, 3.8) is 0 Å². The van der Waals surface area contributed by atoms with Crippen LogP contribution in [0.5, 0.6) is 17.2 Å². The summed E-state index contributed by atoms with van der Waals surface area (Å²) in [4.78, 5) is 25.6. The van der Waals surface area contributed by atoms with E-state index >= 15 is 0 Å². The minimum atomic E-state index is -0.540. The summed E-state index contributed by atoms with van der Waals surface area (Å²) >= 11 is 0. The van der Waals surface area contributed by atoms with Gasteiger partial charge in [-0.1, -0.05) is 18.2 Å². The summed E-state index contributed by atoms with van der Waals surface area (Å²) in [6.45, 7) is 6.58. The molecule has 178 valence electrons. The van der Waals surface area contributed by atoms with E-state index < -0.39 is 5.97 Å². The van der Waals surface area contributed by atoms with E-state index in [-0.39, 0.29) is 5.78 Å². The SMILES string of the molecule is CCOc1ccc2oc(C)c(C(=O)Oc3ccc(C(=O)C=Cc4ccccc4OCC)cc3)c2c1. The Morgan fingerprint density at radius 1 is 0.886 bits per heavy atom. The van der Waals surface area contributed by atoms with E-state index in [0.29, 0.717) is 52.6 Å². The maximum atomic E-state index is 12.9. The lowest BCUT2D eigenvalue weighted by Crippen LogP contribution is -2.09. The van der Waals surface area contributed by atoms with Crippen LogP contribution < -0.4 is 14.2 Å². The molecular weight excluding hydrogens is 444 g/mol. The predicted octanol–water partition coefficient (Wildman–Crippen LogP) is 6.65. The molecule has 0 N–H and O–H groups in total. The second-order valence-corrected chi connectivity index (χ2v) is 7.71. The molecule has 0 saturated heterocycles. The number of rotatable bonds is 9. The Morgan fingerprint density at radius 2 is 1.60 bits per heavy atom. The van der Waals surface area contributed by atoms with Gasteiger partial charge in [0, 0.05) is 16.5 Å². The number of fused-ring (bicyclic) bond motifs is 1. The van der Waals surface area contributed by atoms with Crippen molar-refractivity contribution in [1.29, 1.82) is 0 Å². The van der Waals surface area contributed by atoms with Crippen LogP contribution in [-0.2, 0) is 0 Å². The third-order valence-corrected chi connectivity index (χ3v) is 5.33. The van der Waals surface area contributed by atoms with E-state index in [1.165, 1.54) is 6.08 Å². The number of esters is 1. The normalized spacial score (nSPS) is 11.1. The van der Waals surface area contributed by atoms with Crippen molar-refractivity contribution in [2.45, 2.75) is 20.8 Å². The summed E-state index contributed by atoms with van der Waals surface area (Å²) in [5, 5.41) is 0.628. The Bertz CT molecular complexity index is 1380. The number of hydrogen-bond donors (Lipinski definition) is 0. The Morgan fingerprint density at radius 3 is 2.34 bits per heavy atom. The van der Waals surface area contributed by atoms with Crippen molar-refractivity contribution in [2.24, 2.45) is 0 Å². The van der Waals surface area contributed by atoms with Crippen molar-refractivity contribution >= 4 is 28.8 Å². The van der Waals surface area contributed by atoms with Gasteiger partial charge in [0.1, 0.15) is 34.2 Å². The highest BCUT2D eigenvalue weighted by Crippen LogP contribution is 2.30. The first-order valence-corrected chi connectivity index (χ1v) is 11.4. The Balaban J connectivity index is 1.48. The van der Waals surface area contributed by atoms with E-state index in [9.17, 15) is 9.59 Å². The zero-order valence-electron chi connectivity index (χ0n) is 19.9. The Hall–Kier alpha value is -4.32. The molecule has 0 unspecified atom stereocenters. The Kier molecular flexibility index (Phi) is 7.31. The Labute approximate surface area is 203 Å². The van der Waals surface area contributed by atoms with Crippen molar-refractivity contribution in [1.82, 2.24) is 0 Å². The van der Waals surface area contributed by atoms with Crippen LogP contribution in [0, 0.1) is 6.92 Å². The fraction of sp³-hybridized carbons (Fsp3) is 0.172. The first-order valence-electron chi connectivity index (χ1n) is 11.4. The van der Waals surface area contributed by atoms with Crippen molar-refractivity contribution in [2.75, 3.05) is 13.2 Å². The predicted molar refractivity (Wildman–Crippen MR) is 134 cm³/mol. The number of carbonyl (C=O) groups is 2. The first kappa shape index (κ1) is 23.8. The molecule has 1 aromatic heterocycles. The largest absolute Gasteiger partial charge is 0.494 e. The standard InChI is InChI=1S/C29H26O6/c1-4-32-23-15-17-27-24(18-23)28(19(3)34-27)29(31)35-22-13-10-20(11-14-22)25(30)16-12-21-8-6-7-9-26(21)33-5-2/h6-18H,4-5H2,1-3H3. The molecule has 6 heteroatoms. The lowest BCUT2D eigenvalue weighted by atomic mass is 10.1. The van der Waals surface area contributed by atoms with Crippen LogP contribution in [0.15, 0.2) is 77.2 Å². The quantitative estimate of drug-likeness (QED) is 0.118. The molecule has 0 saturated carbocycles. The second-order valence-electron chi connectivity index (χ2n) is 7.71. The molecule has 0 fully saturated rings. The zero-order chi connectivity index (χ0) is 24.8. The zero-order valence-corrected chi connectivity index (χ0v) is 19.9. The fourth-order valence-corrected chi connectivity index (χ4v) is 3.72. The molecule has 4 rings (SSSR count). The van der Waals surface area contributed by atoms with Gasteiger partial charge < -0.3 is 18.6 Å². The topological polar surface area (TPSA) is 75.0 Å². The highest BCUT2D eigenvalue weighted by Gasteiger charge is 2.21. The van der Waals surface area contributed by atoms with Crippen LogP contribution in [-0.4, -0.2) is 25.0 Å². The maximum absolute atomic E-state index is 12.9. The van der Waals surface area contributed by atoms with Gasteiger partial charge >= 0.3 is 5.97 Å². The number of para-hydroxylation sites is 1. The molecule has 4 aromatic rings. The number of benzene rings is 3. The number of aryl methyl sites for hydroxylation is 1. The lowest BCUT2D eigenvalue weighted by Gasteiger charge is -2.06. The van der Waals surface area contributed by atoms with E-state index in [1.54, 1.807) is 55.5 Å². The molecule has 0 aliphatic carbocycles. The average Bonchev–Trinajstić information content (AvgIpc) is 3.19. The summed E-state index contributed by atoms with van der Waals surface area (Å²) in [6, 6.07) is 19.3. The van der Waals surface area contributed by atoms with Crippen LogP contribution in [0.3, 0.4) is 0 Å². The molecule has 0 spiro atoms. The van der Waals surface area contributed by atoms with E-state index in [4.69, 9.17) is 18.6 Å². The van der Waals surface area contributed by atoms with E-state index in [2.05, 4.69) is 0 Å². The van der Waals surface area contributed by atoms with Crippen LogP contribution in [0.4, 0.5) is 0 Å². The number of furan rings is 1. The van der Waals surface area contributed by atoms with Gasteiger partial charge in [-0.2, -0.15) is 0 Å². The molecule has 0 atom stereocenters. The molecule has 0 bridgehead atoms. The summed E-state index contributed by atoms with van der Waals surface area (Å²) in [5.74, 6) is 1.44. The average molecular weight is 471 g/mol. The van der Waals surface area contributed by atoms with Crippen molar-refractivity contribution < 1.29 is 28.2 Å². The minimum Gasteiger partial charge on any atom is -0.494 e. The lowest BCUT2D eigenvalue weighted by molar-refractivity contribution is 0.0734. The summed E-state index contributed by atoms with van der Waals surface area (Å²) < 4.78 is 22.4. The van der Waals surface area contributed by atoms with E-state index in [0.717, 1.165) is 11.3 Å². The van der Waals surface area contributed by atoms with Gasteiger partial charge in [0.2, 0.25) is 0 Å². The molecular formula is C29H26O6. The molecule has 0 aliphatic heterocycles. The van der Waals surface area contributed by atoms with Crippen LogP contribution in [0.25, 0.3) is 17.0 Å². The van der Waals surface area contributed by atoms with Crippen LogP contribution in [0.2, 0.25) is 0 Å². The van der Waals surface area contributed by atoms with Gasteiger partial charge in [-0.05, 0) is 81.5 Å². The number of ketones is 1. The highest BCUT2D eigenvalue weighted by atomic mass is 16.5. The van der Waals surface area contributed by atoms with E-state index in [1.807, 2.05) is 38.1 Å². The van der Waals surface area contributed by atoms with Gasteiger partial charge in [0.05, 0.1) is 13.2 Å². The van der Waals surface area contributed by atoms with Crippen molar-refractivity contribution in [3.05, 3.63) is 95.3 Å². The van der Waals surface area contributed by atoms with Gasteiger partial charge in [-0.25, -0.2) is 4.79 Å². The van der Waals surface area contributed by atoms with Gasteiger partial charge in [-0.15, -0.1) is 0 Å². The second kappa shape index (κ2) is 10.7. The summed E-state index contributed by atoms with van der Waals surface area (Å²) in [5.41, 5.74) is 2.22. The number of allylic oxidation sites excluding steroid dienone is 1. The summed E-state index contributed by atoms with van der Waals surface area (Å²) in [6.07, 6.45) is 3.22. The maximum Gasteiger partial charge on any atom is 0.347 e. The van der Waals surface area contributed by atoms with Gasteiger partial charge in [-0.3, -0.25) is 4.79 Å². The first-order chi connectivity index (χ1) is 17.0. The molecule has 0 radical (unpaired) electrons. The molecule has 1 heterocycles. The number of carbonyl (C=O) groups excluding carboxylic acids is 2. The molecule has 0 aliphatic rings. The fourth-order valence-electron chi connectivity index (χ4n) is 3.72. The minimum absolute atomic E-state index is 0.172. The third kappa shape index (κ3) is 5.44. The summed E-state index contributed by atoms with van der Waals surface area (Å²) in [7, 11) is 0. The monoisotopic (exact) mass is 470 g/mol. The molecule has 0 amide bonds. The number of hydrogen-bond acceptors (Lipinski definition) is 6. The highest BCUT2D eigenvalue weighted by molar-refractivity contribution is 6.07. The van der Waals surface area contributed by atoms with Crippen LogP contribution >= 0.6 is 0 Å².